The summed E-state index contributed by atoms with van der Waals surface area (Å²) >= 11 is 1.42. The minimum atomic E-state index is -0.404. The van der Waals surface area contributed by atoms with Crippen molar-refractivity contribution in [2.24, 2.45) is 4.99 Å². The van der Waals surface area contributed by atoms with Crippen LogP contribution in [0.4, 0.5) is 10.5 Å². The fourth-order valence-electron chi connectivity index (χ4n) is 2.60. The predicted octanol–water partition coefficient (Wildman–Crippen LogP) is 4.93. The number of allylic oxidation sites excluding steroid dienone is 1. The molecule has 5 nitrogen and oxygen atoms in total. The standard InChI is InChI=1S/C21H21N3O2S/c1-3-14-24-19(16-10-12-18(13-11-16)26-4-2)15-27-21(24)23-20(25)22-17-8-6-5-7-9-17/h3,5-13,15H,1,4,14H2,2H3,(H,22,25). The molecule has 27 heavy (non-hydrogen) atoms. The number of nitrogens with zero attached hydrogens (tertiary/aromatic N) is 2. The van der Waals surface area contributed by atoms with Gasteiger partial charge < -0.3 is 14.6 Å². The topological polar surface area (TPSA) is 55.6 Å². The van der Waals surface area contributed by atoms with Crippen molar-refractivity contribution in [3.63, 3.8) is 0 Å². The number of hydrogen-bond acceptors (Lipinski definition) is 3. The van der Waals surface area contributed by atoms with Gasteiger partial charge in [0, 0.05) is 17.6 Å². The zero-order valence-corrected chi connectivity index (χ0v) is 15.9. The first-order chi connectivity index (χ1) is 13.2. The number of urea groups is 1. The molecule has 0 saturated heterocycles. The Morgan fingerprint density at radius 3 is 2.63 bits per heavy atom. The van der Waals surface area contributed by atoms with E-state index < -0.39 is 6.03 Å². The van der Waals surface area contributed by atoms with Gasteiger partial charge in [0.1, 0.15) is 5.75 Å². The lowest BCUT2D eigenvalue weighted by molar-refractivity contribution is 0.259. The summed E-state index contributed by atoms with van der Waals surface area (Å²) in [6.45, 7) is 6.97. The summed E-state index contributed by atoms with van der Waals surface area (Å²) in [6, 6.07) is 16.7. The summed E-state index contributed by atoms with van der Waals surface area (Å²) in [4.78, 5) is 17.1. The summed E-state index contributed by atoms with van der Waals surface area (Å²) < 4.78 is 7.47. The third kappa shape index (κ3) is 4.74. The van der Waals surface area contributed by atoms with E-state index in [-0.39, 0.29) is 0 Å². The first-order valence-electron chi connectivity index (χ1n) is 8.64. The molecule has 1 heterocycles. The average Bonchev–Trinajstić information content (AvgIpc) is 3.06. The van der Waals surface area contributed by atoms with Crippen LogP contribution in [0.15, 0.2) is 77.6 Å². The van der Waals surface area contributed by atoms with Crippen molar-refractivity contribution in [1.82, 2.24) is 4.57 Å². The monoisotopic (exact) mass is 379 g/mol. The fourth-order valence-corrected chi connectivity index (χ4v) is 3.52. The van der Waals surface area contributed by atoms with Crippen LogP contribution in [0.2, 0.25) is 0 Å². The predicted molar refractivity (Wildman–Crippen MR) is 110 cm³/mol. The maximum Gasteiger partial charge on any atom is 0.348 e. The molecule has 0 unspecified atom stereocenters. The molecule has 0 radical (unpaired) electrons. The molecule has 1 aromatic heterocycles. The second-order valence-electron chi connectivity index (χ2n) is 5.67. The van der Waals surface area contributed by atoms with Crippen molar-refractivity contribution in [3.8, 4) is 17.0 Å². The first-order valence-corrected chi connectivity index (χ1v) is 9.52. The molecule has 0 spiro atoms. The van der Waals surface area contributed by atoms with Gasteiger partial charge in [-0.15, -0.1) is 17.9 Å². The number of ether oxygens (including phenoxy) is 1. The van der Waals surface area contributed by atoms with Gasteiger partial charge in [0.2, 0.25) is 0 Å². The molecule has 0 aliphatic carbocycles. The van der Waals surface area contributed by atoms with Gasteiger partial charge >= 0.3 is 6.03 Å². The molecular formula is C21H21N3O2S. The minimum Gasteiger partial charge on any atom is -0.494 e. The van der Waals surface area contributed by atoms with Gasteiger partial charge in [0.05, 0.1) is 12.3 Å². The lowest BCUT2D eigenvalue weighted by atomic mass is 10.1. The van der Waals surface area contributed by atoms with Crippen molar-refractivity contribution < 1.29 is 9.53 Å². The van der Waals surface area contributed by atoms with Crippen LogP contribution < -0.4 is 14.9 Å². The first kappa shape index (κ1) is 18.7. The normalized spacial score (nSPS) is 11.2. The van der Waals surface area contributed by atoms with Gasteiger partial charge in [-0.05, 0) is 48.9 Å². The van der Waals surface area contributed by atoms with Gasteiger partial charge in [-0.1, -0.05) is 24.3 Å². The second-order valence-corrected chi connectivity index (χ2v) is 6.50. The summed E-state index contributed by atoms with van der Waals surface area (Å²) in [5.41, 5.74) is 2.72. The van der Waals surface area contributed by atoms with E-state index in [4.69, 9.17) is 4.74 Å². The molecule has 2 amide bonds. The van der Waals surface area contributed by atoms with E-state index in [0.717, 1.165) is 17.0 Å². The van der Waals surface area contributed by atoms with Crippen LogP contribution in [0.25, 0.3) is 11.3 Å². The Bertz CT molecular complexity index is 973. The number of rotatable bonds is 6. The van der Waals surface area contributed by atoms with Crippen LogP contribution in [-0.2, 0) is 6.54 Å². The number of thiazole rings is 1. The molecule has 3 rings (SSSR count). The molecule has 3 aromatic rings. The number of anilines is 1. The van der Waals surface area contributed by atoms with Crippen LogP contribution in [0.5, 0.6) is 5.75 Å². The summed E-state index contributed by atoms with van der Waals surface area (Å²) in [5.74, 6) is 0.832. The Kier molecular flexibility index (Phi) is 6.22. The van der Waals surface area contributed by atoms with E-state index >= 15 is 0 Å². The quantitative estimate of drug-likeness (QED) is 0.617. The number of carbonyl (C=O) groups is 1. The molecule has 138 valence electrons. The van der Waals surface area contributed by atoms with E-state index in [1.807, 2.05) is 71.5 Å². The Morgan fingerprint density at radius 1 is 1.22 bits per heavy atom. The zero-order valence-electron chi connectivity index (χ0n) is 15.1. The number of hydrogen-bond donors (Lipinski definition) is 1. The van der Waals surface area contributed by atoms with Crippen molar-refractivity contribution in [1.29, 1.82) is 0 Å². The highest BCUT2D eigenvalue weighted by molar-refractivity contribution is 7.07. The smallest absolute Gasteiger partial charge is 0.348 e. The Morgan fingerprint density at radius 2 is 1.96 bits per heavy atom. The van der Waals surface area contributed by atoms with Gasteiger partial charge in [-0.2, -0.15) is 4.99 Å². The maximum atomic E-state index is 12.3. The van der Waals surface area contributed by atoms with Crippen molar-refractivity contribution in [2.75, 3.05) is 11.9 Å². The zero-order chi connectivity index (χ0) is 19.1. The fraction of sp³-hybridized carbons (Fsp3) is 0.143. The van der Waals surface area contributed by atoms with Crippen LogP contribution in [0.3, 0.4) is 0 Å². The highest BCUT2D eigenvalue weighted by Crippen LogP contribution is 2.23. The van der Waals surface area contributed by atoms with Gasteiger partial charge in [-0.3, -0.25) is 0 Å². The lowest BCUT2D eigenvalue weighted by Crippen LogP contribution is -2.19. The molecule has 0 aliphatic rings. The van der Waals surface area contributed by atoms with E-state index in [2.05, 4.69) is 16.9 Å². The summed E-state index contributed by atoms with van der Waals surface area (Å²) in [6.07, 6.45) is 1.79. The molecule has 0 saturated carbocycles. The Hall–Kier alpha value is -3.12. The molecule has 6 heteroatoms. The van der Waals surface area contributed by atoms with Crippen LogP contribution in [0.1, 0.15) is 6.92 Å². The number of amides is 2. The molecule has 1 N–H and O–H groups in total. The highest BCUT2D eigenvalue weighted by Gasteiger charge is 2.09. The van der Waals surface area contributed by atoms with Crippen LogP contribution >= 0.6 is 11.3 Å². The van der Waals surface area contributed by atoms with E-state index in [0.29, 0.717) is 23.6 Å². The molecule has 0 bridgehead atoms. The molecular weight excluding hydrogens is 358 g/mol. The summed E-state index contributed by atoms with van der Waals surface area (Å²) in [7, 11) is 0. The molecule has 2 aromatic carbocycles. The van der Waals surface area contributed by atoms with Gasteiger partial charge in [-0.25, -0.2) is 4.79 Å². The van der Waals surface area contributed by atoms with E-state index in [9.17, 15) is 4.79 Å². The van der Waals surface area contributed by atoms with Crippen molar-refractivity contribution >= 4 is 23.1 Å². The van der Waals surface area contributed by atoms with Crippen molar-refractivity contribution in [3.05, 3.63) is 77.4 Å². The third-order valence-corrected chi connectivity index (χ3v) is 4.66. The SMILES string of the molecule is C=CCn1c(-c2ccc(OCC)cc2)csc1=NC(=O)Nc1ccccc1. The number of benzene rings is 2. The highest BCUT2D eigenvalue weighted by atomic mass is 32.1. The third-order valence-electron chi connectivity index (χ3n) is 3.79. The number of para-hydroxylation sites is 1. The van der Waals surface area contributed by atoms with Gasteiger partial charge in [0.25, 0.3) is 0 Å². The lowest BCUT2D eigenvalue weighted by Gasteiger charge is -2.08. The van der Waals surface area contributed by atoms with Crippen LogP contribution in [0, 0.1) is 0 Å². The van der Waals surface area contributed by atoms with Crippen molar-refractivity contribution in [2.45, 2.75) is 13.5 Å². The summed E-state index contributed by atoms with van der Waals surface area (Å²) in [5, 5.41) is 4.77. The number of carbonyl (C=O) groups excluding carboxylic acids is 1. The largest absolute Gasteiger partial charge is 0.494 e. The molecule has 0 atom stereocenters. The molecule has 0 fully saturated rings. The Labute approximate surface area is 162 Å². The van der Waals surface area contributed by atoms with Crippen LogP contribution in [-0.4, -0.2) is 17.2 Å². The van der Waals surface area contributed by atoms with Gasteiger partial charge in [0.15, 0.2) is 4.80 Å². The second kappa shape index (κ2) is 9.00. The number of nitrogens with one attached hydrogen (secondary N) is 1. The van der Waals surface area contributed by atoms with E-state index in [1.54, 1.807) is 6.08 Å². The maximum absolute atomic E-state index is 12.3. The minimum absolute atomic E-state index is 0.404. The average molecular weight is 379 g/mol. The molecule has 0 aliphatic heterocycles. The van der Waals surface area contributed by atoms with E-state index in [1.165, 1.54) is 11.3 Å². The number of aromatic nitrogens is 1. The Balaban J connectivity index is 1.90.